The number of para-hydroxylation sites is 1. The normalized spacial score (nSPS) is 11.8. The summed E-state index contributed by atoms with van der Waals surface area (Å²) in [4.78, 5) is 0. The van der Waals surface area contributed by atoms with Crippen molar-refractivity contribution < 1.29 is 4.74 Å². The smallest absolute Gasteiger partial charge is 0.133 e. The molecule has 3 heteroatoms. The van der Waals surface area contributed by atoms with Crippen LogP contribution in [0.4, 0.5) is 0 Å². The molecule has 20 heavy (non-hydrogen) atoms. The highest BCUT2D eigenvalue weighted by atomic mass is 16.5. The van der Waals surface area contributed by atoms with Gasteiger partial charge in [-0.25, -0.2) is 0 Å². The summed E-state index contributed by atoms with van der Waals surface area (Å²) in [5, 5.41) is 8.98. The molecule has 0 heterocycles. The van der Waals surface area contributed by atoms with Crippen LogP contribution in [0.3, 0.4) is 0 Å². The first kappa shape index (κ1) is 14.1. The van der Waals surface area contributed by atoms with E-state index in [-0.39, 0.29) is 6.04 Å². The average molecular weight is 266 g/mol. The van der Waals surface area contributed by atoms with Gasteiger partial charge >= 0.3 is 0 Å². The maximum absolute atomic E-state index is 8.98. The Morgan fingerprint density at radius 2 is 1.75 bits per heavy atom. The van der Waals surface area contributed by atoms with E-state index in [0.717, 1.165) is 28.2 Å². The molecule has 2 rings (SSSR count). The van der Waals surface area contributed by atoms with Gasteiger partial charge in [-0.15, -0.1) is 0 Å². The van der Waals surface area contributed by atoms with E-state index >= 15 is 0 Å². The Kier molecular flexibility index (Phi) is 4.07. The Balaban J connectivity index is 2.44. The fraction of sp³-hybridized carbons (Fsp3) is 0.235. The molecule has 2 aromatic rings. The third-order valence-corrected chi connectivity index (χ3v) is 3.21. The zero-order valence-electron chi connectivity index (χ0n) is 12.0. The fourth-order valence-electron chi connectivity index (χ4n) is 2.24. The molecule has 0 fully saturated rings. The number of hydrogen-bond acceptors (Lipinski definition) is 3. The quantitative estimate of drug-likeness (QED) is 0.913. The number of ether oxygens (including phenoxy) is 1. The number of benzene rings is 2. The van der Waals surface area contributed by atoms with Gasteiger partial charge in [0, 0.05) is 11.6 Å². The molecule has 1 atom stereocenters. The number of nitrogens with zero attached hydrogens (tertiary/aromatic N) is 1. The predicted octanol–water partition coefficient (Wildman–Crippen LogP) is 3.99. The first-order chi connectivity index (χ1) is 9.52. The molecular weight excluding hydrogens is 248 g/mol. The van der Waals surface area contributed by atoms with Crippen molar-refractivity contribution in [3.8, 4) is 17.6 Å². The van der Waals surface area contributed by atoms with E-state index in [2.05, 4.69) is 6.07 Å². The van der Waals surface area contributed by atoms with E-state index in [1.165, 1.54) is 0 Å². The summed E-state index contributed by atoms with van der Waals surface area (Å²) < 4.78 is 6.04. The molecule has 3 nitrogen and oxygen atoms in total. The average Bonchev–Trinajstić information content (AvgIpc) is 2.42. The van der Waals surface area contributed by atoms with E-state index in [4.69, 9.17) is 15.7 Å². The van der Waals surface area contributed by atoms with Gasteiger partial charge in [0.1, 0.15) is 11.5 Å². The zero-order chi connectivity index (χ0) is 14.7. The first-order valence-electron chi connectivity index (χ1n) is 6.56. The fourth-order valence-corrected chi connectivity index (χ4v) is 2.24. The molecular formula is C17H18N2O. The highest BCUT2D eigenvalue weighted by Crippen LogP contribution is 2.33. The molecule has 2 N–H and O–H groups in total. The van der Waals surface area contributed by atoms with Gasteiger partial charge in [-0.3, -0.25) is 0 Å². The molecule has 0 bridgehead atoms. The summed E-state index contributed by atoms with van der Waals surface area (Å²) in [6.07, 6.45) is 0. The molecule has 2 aromatic carbocycles. The van der Waals surface area contributed by atoms with Gasteiger partial charge in [0.25, 0.3) is 0 Å². The standard InChI is InChI=1S/C17H18N2O/c1-11-8-14(10-18)9-12(2)17(11)20-16-7-5-4-6-15(16)13(3)19/h4-9,13H,19H2,1-3H3/t13-/m0/s1. The van der Waals surface area contributed by atoms with Crippen LogP contribution in [0.5, 0.6) is 11.5 Å². The maximum atomic E-state index is 8.98. The molecule has 0 aliphatic carbocycles. The lowest BCUT2D eigenvalue weighted by Gasteiger charge is -2.16. The van der Waals surface area contributed by atoms with Crippen LogP contribution in [0.1, 0.15) is 35.2 Å². The third-order valence-electron chi connectivity index (χ3n) is 3.21. The molecule has 0 aliphatic rings. The maximum Gasteiger partial charge on any atom is 0.133 e. The van der Waals surface area contributed by atoms with Gasteiger partial charge in [0.15, 0.2) is 0 Å². The molecule has 0 saturated carbocycles. The summed E-state index contributed by atoms with van der Waals surface area (Å²) in [5.74, 6) is 1.55. The molecule has 0 saturated heterocycles. The van der Waals surface area contributed by atoms with Gasteiger partial charge in [-0.2, -0.15) is 5.26 Å². The van der Waals surface area contributed by atoms with Crippen molar-refractivity contribution in [3.63, 3.8) is 0 Å². The van der Waals surface area contributed by atoms with Crippen LogP contribution in [0, 0.1) is 25.2 Å². The second-order valence-electron chi connectivity index (χ2n) is 4.98. The van der Waals surface area contributed by atoms with Gasteiger partial charge in [-0.1, -0.05) is 18.2 Å². The SMILES string of the molecule is Cc1cc(C#N)cc(C)c1Oc1ccccc1[C@H](C)N. The molecule has 0 radical (unpaired) electrons. The number of nitriles is 1. The lowest BCUT2D eigenvalue weighted by molar-refractivity contribution is 0.465. The van der Waals surface area contributed by atoms with Crippen LogP contribution in [-0.2, 0) is 0 Å². The van der Waals surface area contributed by atoms with Crippen LogP contribution in [-0.4, -0.2) is 0 Å². The summed E-state index contributed by atoms with van der Waals surface area (Å²) in [5.41, 5.74) is 9.47. The minimum absolute atomic E-state index is 0.0924. The molecule has 0 aromatic heterocycles. The molecule has 0 amide bonds. The Morgan fingerprint density at radius 1 is 1.15 bits per heavy atom. The minimum atomic E-state index is -0.0924. The van der Waals surface area contributed by atoms with Crippen LogP contribution >= 0.6 is 0 Å². The lowest BCUT2D eigenvalue weighted by Crippen LogP contribution is -2.07. The van der Waals surface area contributed by atoms with Crippen molar-refractivity contribution in [2.24, 2.45) is 5.73 Å². The molecule has 0 aliphatic heterocycles. The van der Waals surface area contributed by atoms with Crippen molar-refractivity contribution in [2.45, 2.75) is 26.8 Å². The Morgan fingerprint density at radius 3 is 2.30 bits per heavy atom. The van der Waals surface area contributed by atoms with Crippen LogP contribution in [0.25, 0.3) is 0 Å². The number of rotatable bonds is 3. The van der Waals surface area contributed by atoms with E-state index < -0.39 is 0 Å². The van der Waals surface area contributed by atoms with Gasteiger partial charge < -0.3 is 10.5 Å². The zero-order valence-corrected chi connectivity index (χ0v) is 12.0. The van der Waals surface area contributed by atoms with Gasteiger partial charge in [-0.05, 0) is 50.1 Å². The highest BCUT2D eigenvalue weighted by molar-refractivity contribution is 5.50. The Hall–Kier alpha value is -2.31. The Bertz CT molecular complexity index is 646. The summed E-state index contributed by atoms with van der Waals surface area (Å²) in [6.45, 7) is 5.82. The van der Waals surface area contributed by atoms with Crippen molar-refractivity contribution in [1.29, 1.82) is 5.26 Å². The Labute approximate surface area is 119 Å². The lowest BCUT2D eigenvalue weighted by atomic mass is 10.1. The van der Waals surface area contributed by atoms with E-state index in [9.17, 15) is 0 Å². The monoisotopic (exact) mass is 266 g/mol. The van der Waals surface area contributed by atoms with Gasteiger partial charge in [0.05, 0.1) is 11.6 Å². The topological polar surface area (TPSA) is 59.0 Å². The number of hydrogen-bond donors (Lipinski definition) is 1. The number of nitrogens with two attached hydrogens (primary N) is 1. The minimum Gasteiger partial charge on any atom is -0.456 e. The van der Waals surface area contributed by atoms with Crippen molar-refractivity contribution >= 4 is 0 Å². The van der Waals surface area contributed by atoms with Crippen molar-refractivity contribution in [2.75, 3.05) is 0 Å². The highest BCUT2D eigenvalue weighted by Gasteiger charge is 2.12. The summed E-state index contributed by atoms with van der Waals surface area (Å²) in [7, 11) is 0. The molecule has 0 unspecified atom stereocenters. The molecule has 0 spiro atoms. The van der Waals surface area contributed by atoms with Crippen LogP contribution < -0.4 is 10.5 Å². The summed E-state index contributed by atoms with van der Waals surface area (Å²) in [6, 6.07) is 13.5. The second kappa shape index (κ2) is 5.77. The van der Waals surface area contributed by atoms with E-state index in [1.54, 1.807) is 0 Å². The van der Waals surface area contributed by atoms with E-state index in [1.807, 2.05) is 57.2 Å². The van der Waals surface area contributed by atoms with E-state index in [0.29, 0.717) is 5.56 Å². The molecule has 102 valence electrons. The first-order valence-corrected chi connectivity index (χ1v) is 6.56. The number of aryl methyl sites for hydroxylation is 2. The van der Waals surface area contributed by atoms with Crippen LogP contribution in [0.15, 0.2) is 36.4 Å². The van der Waals surface area contributed by atoms with Gasteiger partial charge in [0.2, 0.25) is 0 Å². The van der Waals surface area contributed by atoms with Crippen LogP contribution in [0.2, 0.25) is 0 Å². The van der Waals surface area contributed by atoms with Crippen molar-refractivity contribution in [3.05, 3.63) is 58.7 Å². The third kappa shape index (κ3) is 2.81. The van der Waals surface area contributed by atoms with Crippen molar-refractivity contribution in [1.82, 2.24) is 0 Å². The second-order valence-corrected chi connectivity index (χ2v) is 4.98. The largest absolute Gasteiger partial charge is 0.456 e. The predicted molar refractivity (Wildman–Crippen MR) is 79.7 cm³/mol. The summed E-state index contributed by atoms with van der Waals surface area (Å²) >= 11 is 0.